The van der Waals surface area contributed by atoms with Gasteiger partial charge < -0.3 is 18.8 Å². The minimum atomic E-state index is -0.446. The Balaban J connectivity index is 1.34. The van der Waals surface area contributed by atoms with Gasteiger partial charge in [0, 0.05) is 25.5 Å². The van der Waals surface area contributed by atoms with E-state index in [1.165, 1.54) is 0 Å². The quantitative estimate of drug-likeness (QED) is 0.808. The standard InChI is InChI=1S/C21H25N3O4/c1-13-22-23-19(27-13)21-9-7-15(21)8-10-24(21)17(25)12-26-16-6-4-5-14-11-20(2,3)28-18(14)16/h4-6,15H,7-12H2,1-3H3/t15-,21-/m0/s1. The average Bonchev–Trinajstić information content (AvgIpc) is 3.26. The van der Waals surface area contributed by atoms with Crippen LogP contribution in [0.1, 0.15) is 50.5 Å². The van der Waals surface area contributed by atoms with E-state index in [0.29, 0.717) is 30.0 Å². The van der Waals surface area contributed by atoms with Gasteiger partial charge in [0.15, 0.2) is 18.1 Å². The summed E-state index contributed by atoms with van der Waals surface area (Å²) in [5, 5.41) is 8.23. The molecule has 5 rings (SSSR count). The molecule has 148 valence electrons. The number of rotatable bonds is 4. The molecule has 1 amide bonds. The van der Waals surface area contributed by atoms with E-state index in [0.717, 1.165) is 37.0 Å². The number of aryl methyl sites for hydroxylation is 1. The molecule has 2 atom stereocenters. The van der Waals surface area contributed by atoms with Crippen LogP contribution in [0.4, 0.5) is 0 Å². The normalized spacial score (nSPS) is 27.0. The highest BCUT2D eigenvalue weighted by atomic mass is 16.5. The van der Waals surface area contributed by atoms with Crippen LogP contribution in [0.3, 0.4) is 0 Å². The summed E-state index contributed by atoms with van der Waals surface area (Å²) in [6, 6.07) is 5.86. The second-order valence-electron chi connectivity index (χ2n) is 8.69. The molecule has 3 heterocycles. The Hall–Kier alpha value is -2.57. The molecule has 0 N–H and O–H groups in total. The zero-order valence-electron chi connectivity index (χ0n) is 16.5. The third-order valence-corrected chi connectivity index (χ3v) is 6.34. The van der Waals surface area contributed by atoms with Crippen LogP contribution in [0, 0.1) is 12.8 Å². The molecule has 2 aromatic rings. The van der Waals surface area contributed by atoms with Gasteiger partial charge in [-0.2, -0.15) is 0 Å². The Morgan fingerprint density at radius 2 is 2.18 bits per heavy atom. The molecule has 0 bridgehead atoms. The minimum Gasteiger partial charge on any atom is -0.483 e. The summed E-state index contributed by atoms with van der Waals surface area (Å²) >= 11 is 0. The van der Waals surface area contributed by atoms with Crippen molar-refractivity contribution in [2.45, 2.75) is 57.6 Å². The van der Waals surface area contributed by atoms with Gasteiger partial charge in [-0.05, 0) is 45.1 Å². The largest absolute Gasteiger partial charge is 0.483 e. The van der Waals surface area contributed by atoms with Gasteiger partial charge in [-0.1, -0.05) is 12.1 Å². The van der Waals surface area contributed by atoms with Crippen molar-refractivity contribution in [3.63, 3.8) is 0 Å². The number of carbonyl (C=O) groups excluding carboxylic acids is 1. The predicted molar refractivity (Wildman–Crippen MR) is 100 cm³/mol. The smallest absolute Gasteiger partial charge is 0.261 e. The fourth-order valence-electron chi connectivity index (χ4n) is 4.98. The molecule has 1 saturated heterocycles. The lowest BCUT2D eigenvalue weighted by molar-refractivity contribution is -0.144. The highest BCUT2D eigenvalue weighted by Gasteiger charge is 2.61. The minimum absolute atomic E-state index is 0.0260. The molecule has 0 unspecified atom stereocenters. The number of carbonyl (C=O) groups is 1. The number of hydrogen-bond donors (Lipinski definition) is 0. The van der Waals surface area contributed by atoms with E-state index in [4.69, 9.17) is 13.9 Å². The van der Waals surface area contributed by atoms with Gasteiger partial charge in [-0.15, -0.1) is 10.2 Å². The number of benzene rings is 1. The lowest BCUT2D eigenvalue weighted by Crippen LogP contribution is -2.55. The number of amides is 1. The van der Waals surface area contributed by atoms with Gasteiger partial charge in [-0.3, -0.25) is 4.79 Å². The molecule has 2 fully saturated rings. The number of aromatic nitrogens is 2. The number of likely N-dealkylation sites (tertiary alicyclic amines) is 1. The first kappa shape index (κ1) is 17.5. The highest BCUT2D eigenvalue weighted by molar-refractivity contribution is 5.79. The number of ether oxygens (including phenoxy) is 2. The summed E-state index contributed by atoms with van der Waals surface area (Å²) in [7, 11) is 0. The first-order valence-electron chi connectivity index (χ1n) is 9.94. The van der Waals surface area contributed by atoms with Crippen LogP contribution in [-0.4, -0.2) is 39.8 Å². The molecule has 1 aromatic heterocycles. The monoisotopic (exact) mass is 383 g/mol. The Morgan fingerprint density at radius 1 is 1.32 bits per heavy atom. The molecule has 7 heteroatoms. The van der Waals surface area contributed by atoms with E-state index in [1.54, 1.807) is 6.92 Å². The third kappa shape index (κ3) is 2.52. The maximum absolute atomic E-state index is 13.1. The van der Waals surface area contributed by atoms with Crippen molar-refractivity contribution in [1.29, 1.82) is 0 Å². The number of para-hydroxylation sites is 1. The fraction of sp³-hybridized carbons (Fsp3) is 0.571. The van der Waals surface area contributed by atoms with Crippen molar-refractivity contribution >= 4 is 5.91 Å². The van der Waals surface area contributed by atoms with Crippen molar-refractivity contribution < 1.29 is 18.7 Å². The highest BCUT2D eigenvalue weighted by Crippen LogP contribution is 2.56. The Kier molecular flexibility index (Phi) is 3.73. The third-order valence-electron chi connectivity index (χ3n) is 6.34. The molecule has 0 spiro atoms. The molecule has 2 aliphatic heterocycles. The van der Waals surface area contributed by atoms with Gasteiger partial charge in [-0.25, -0.2) is 0 Å². The van der Waals surface area contributed by atoms with Crippen molar-refractivity contribution in [2.75, 3.05) is 13.2 Å². The van der Waals surface area contributed by atoms with E-state index >= 15 is 0 Å². The average molecular weight is 383 g/mol. The fourth-order valence-corrected chi connectivity index (χ4v) is 4.98. The van der Waals surface area contributed by atoms with Gasteiger partial charge >= 0.3 is 0 Å². The van der Waals surface area contributed by atoms with E-state index in [2.05, 4.69) is 24.0 Å². The predicted octanol–water partition coefficient (Wildman–Crippen LogP) is 3.01. The summed E-state index contributed by atoms with van der Waals surface area (Å²) in [5.41, 5.74) is 0.423. The van der Waals surface area contributed by atoms with Crippen LogP contribution in [0.2, 0.25) is 0 Å². The summed E-state index contributed by atoms with van der Waals surface area (Å²) < 4.78 is 17.7. The van der Waals surface area contributed by atoms with E-state index < -0.39 is 5.54 Å². The molecule has 1 saturated carbocycles. The van der Waals surface area contributed by atoms with Gasteiger partial charge in [0.1, 0.15) is 11.1 Å². The Bertz CT molecular complexity index is 937. The second-order valence-corrected chi connectivity index (χ2v) is 8.69. The Labute approximate surface area is 164 Å². The van der Waals surface area contributed by atoms with Gasteiger partial charge in [0.05, 0.1) is 0 Å². The number of hydrogen-bond acceptors (Lipinski definition) is 6. The van der Waals surface area contributed by atoms with Crippen LogP contribution in [0.5, 0.6) is 11.5 Å². The van der Waals surface area contributed by atoms with Crippen molar-refractivity contribution in [2.24, 2.45) is 5.92 Å². The van der Waals surface area contributed by atoms with Crippen LogP contribution in [0.25, 0.3) is 0 Å². The van der Waals surface area contributed by atoms with E-state index in [1.807, 2.05) is 23.1 Å². The molecule has 7 nitrogen and oxygen atoms in total. The summed E-state index contributed by atoms with van der Waals surface area (Å²) in [6.07, 6.45) is 3.75. The SMILES string of the molecule is Cc1nnc([C@]23CC[C@H]2CCN3C(=O)COc2cccc3c2OC(C)(C)C3)o1. The number of fused-ring (bicyclic) bond motifs is 2. The zero-order valence-corrected chi connectivity index (χ0v) is 16.5. The molecular formula is C21H25N3O4. The van der Waals surface area contributed by atoms with Crippen molar-refractivity contribution in [3.8, 4) is 11.5 Å². The topological polar surface area (TPSA) is 77.7 Å². The Morgan fingerprint density at radius 3 is 2.89 bits per heavy atom. The second kappa shape index (κ2) is 5.96. The molecular weight excluding hydrogens is 358 g/mol. The van der Waals surface area contributed by atoms with Crippen molar-refractivity contribution in [3.05, 3.63) is 35.5 Å². The van der Waals surface area contributed by atoms with E-state index in [-0.39, 0.29) is 18.1 Å². The van der Waals surface area contributed by atoms with Crippen LogP contribution in [0.15, 0.2) is 22.6 Å². The lowest BCUT2D eigenvalue weighted by Gasteiger charge is -2.46. The molecule has 1 aliphatic carbocycles. The van der Waals surface area contributed by atoms with Crippen LogP contribution < -0.4 is 9.47 Å². The summed E-state index contributed by atoms with van der Waals surface area (Å²) in [4.78, 5) is 15.0. The lowest BCUT2D eigenvalue weighted by atomic mass is 9.67. The molecule has 3 aliphatic rings. The molecule has 1 aromatic carbocycles. The molecule has 0 radical (unpaired) electrons. The van der Waals surface area contributed by atoms with Gasteiger partial charge in [0.25, 0.3) is 5.91 Å². The van der Waals surface area contributed by atoms with Crippen LogP contribution >= 0.6 is 0 Å². The molecule has 28 heavy (non-hydrogen) atoms. The summed E-state index contributed by atoms with van der Waals surface area (Å²) in [6.45, 7) is 6.56. The van der Waals surface area contributed by atoms with Gasteiger partial charge in [0.2, 0.25) is 11.8 Å². The summed E-state index contributed by atoms with van der Waals surface area (Å²) in [5.74, 6) is 2.83. The zero-order chi connectivity index (χ0) is 19.5. The maximum Gasteiger partial charge on any atom is 0.261 e. The number of nitrogens with zero attached hydrogens (tertiary/aromatic N) is 3. The maximum atomic E-state index is 13.1. The van der Waals surface area contributed by atoms with Crippen molar-refractivity contribution in [1.82, 2.24) is 15.1 Å². The van der Waals surface area contributed by atoms with Crippen LogP contribution in [-0.2, 0) is 16.8 Å². The van der Waals surface area contributed by atoms with E-state index in [9.17, 15) is 4.79 Å². The first-order chi connectivity index (χ1) is 13.4. The first-order valence-corrected chi connectivity index (χ1v) is 9.94.